The fraction of sp³-hybridized carbons (Fsp3) is 0.562. The highest BCUT2D eigenvalue weighted by molar-refractivity contribution is 8.01. The van der Waals surface area contributed by atoms with E-state index in [4.69, 9.17) is 5.73 Å². The predicted octanol–water partition coefficient (Wildman–Crippen LogP) is 2.20. The molecule has 2 unspecified atom stereocenters. The van der Waals surface area contributed by atoms with Crippen molar-refractivity contribution in [2.75, 3.05) is 12.3 Å². The third-order valence-electron chi connectivity index (χ3n) is 3.23. The summed E-state index contributed by atoms with van der Waals surface area (Å²) < 4.78 is 24.6. The topological polar surface area (TPSA) is 89.3 Å². The lowest BCUT2D eigenvalue weighted by Gasteiger charge is -2.15. The minimum Gasteiger partial charge on any atom is -0.355 e. The van der Waals surface area contributed by atoms with Gasteiger partial charge in [0.2, 0.25) is 5.91 Å². The van der Waals surface area contributed by atoms with Gasteiger partial charge in [-0.2, -0.15) is 0 Å². The molecule has 0 saturated carbocycles. The molecule has 3 N–H and O–H groups in total. The Kier molecular flexibility index (Phi) is 8.08. The lowest BCUT2D eigenvalue weighted by molar-refractivity contribution is -0.120. The first-order chi connectivity index (χ1) is 10.8. The first-order valence-corrected chi connectivity index (χ1v) is 10.3. The maximum Gasteiger partial charge on any atom is 0.233 e. The third kappa shape index (κ3) is 6.53. The molecule has 1 aromatic carbocycles. The van der Waals surface area contributed by atoms with Gasteiger partial charge in [-0.15, -0.1) is 11.8 Å². The summed E-state index contributed by atoms with van der Waals surface area (Å²) >= 11 is 1.27. The molecule has 0 bridgehead atoms. The predicted molar refractivity (Wildman–Crippen MR) is 95.4 cm³/mol. The van der Waals surface area contributed by atoms with Crippen LogP contribution < -0.4 is 11.1 Å². The molecule has 1 amide bonds. The number of benzene rings is 1. The molecule has 2 atom stereocenters. The Morgan fingerprint density at radius 1 is 1.30 bits per heavy atom. The minimum absolute atomic E-state index is 0.0400. The number of carbonyl (C=O) groups excluding carboxylic acids is 1. The van der Waals surface area contributed by atoms with E-state index in [-0.39, 0.29) is 23.0 Å². The summed E-state index contributed by atoms with van der Waals surface area (Å²) in [5.74, 6) is -0.00199. The van der Waals surface area contributed by atoms with Crippen LogP contribution >= 0.6 is 11.8 Å². The summed E-state index contributed by atoms with van der Waals surface area (Å²) in [6.07, 6.45) is 1.28. The summed E-state index contributed by atoms with van der Waals surface area (Å²) in [7, 11) is -3.31. The van der Waals surface area contributed by atoms with Crippen molar-refractivity contribution in [3.05, 3.63) is 24.3 Å². The van der Waals surface area contributed by atoms with Crippen LogP contribution in [0.1, 0.15) is 33.6 Å². The molecule has 0 aliphatic carbocycles. The van der Waals surface area contributed by atoms with Crippen molar-refractivity contribution in [1.29, 1.82) is 0 Å². The van der Waals surface area contributed by atoms with Crippen LogP contribution in [-0.4, -0.2) is 37.9 Å². The fourth-order valence-corrected chi connectivity index (χ4v) is 4.85. The molecule has 0 heterocycles. The van der Waals surface area contributed by atoms with Crippen LogP contribution in [0.3, 0.4) is 0 Å². The number of thioether (sulfide) groups is 1. The zero-order chi connectivity index (χ0) is 17.5. The van der Waals surface area contributed by atoms with E-state index in [0.717, 1.165) is 0 Å². The summed E-state index contributed by atoms with van der Waals surface area (Å²) in [4.78, 5) is 13.0. The third-order valence-corrected chi connectivity index (χ3v) is 6.51. The first kappa shape index (κ1) is 20.0. The smallest absolute Gasteiger partial charge is 0.233 e. The molecule has 0 spiro atoms. The van der Waals surface area contributed by atoms with E-state index in [0.29, 0.717) is 29.2 Å². The Labute approximate surface area is 143 Å². The van der Waals surface area contributed by atoms with Gasteiger partial charge in [0, 0.05) is 17.5 Å². The van der Waals surface area contributed by atoms with Crippen LogP contribution in [0.25, 0.3) is 0 Å². The van der Waals surface area contributed by atoms with E-state index < -0.39 is 9.84 Å². The van der Waals surface area contributed by atoms with Gasteiger partial charge in [0.15, 0.2) is 9.84 Å². The van der Waals surface area contributed by atoms with E-state index in [9.17, 15) is 13.2 Å². The van der Waals surface area contributed by atoms with Gasteiger partial charge in [0.05, 0.1) is 15.9 Å². The van der Waals surface area contributed by atoms with Crippen molar-refractivity contribution in [2.24, 2.45) is 5.73 Å². The monoisotopic (exact) mass is 358 g/mol. The average molecular weight is 359 g/mol. The van der Waals surface area contributed by atoms with E-state index >= 15 is 0 Å². The molecule has 0 aliphatic heterocycles. The molecular weight excluding hydrogens is 332 g/mol. The molecule has 23 heavy (non-hydrogen) atoms. The standard InChI is InChI=1S/C16H26N2O3S2/c1-4-11-23(20,21)15-8-6-5-7-14(15)22-13(3)16(19)18-10-9-12(2)17/h5-8,12-13H,4,9-11,17H2,1-3H3,(H,18,19). The Morgan fingerprint density at radius 3 is 2.57 bits per heavy atom. The second-order valence-electron chi connectivity index (χ2n) is 5.58. The van der Waals surface area contributed by atoms with Crippen molar-refractivity contribution < 1.29 is 13.2 Å². The molecular formula is C16H26N2O3S2. The number of hydrogen-bond donors (Lipinski definition) is 2. The second kappa shape index (κ2) is 9.30. The number of rotatable bonds is 9. The van der Waals surface area contributed by atoms with Gasteiger partial charge in [-0.05, 0) is 38.8 Å². The highest BCUT2D eigenvalue weighted by atomic mass is 32.2. The Hall–Kier alpha value is -1.05. The van der Waals surface area contributed by atoms with Crippen molar-refractivity contribution in [3.63, 3.8) is 0 Å². The highest BCUT2D eigenvalue weighted by Gasteiger charge is 2.21. The van der Waals surface area contributed by atoms with Gasteiger partial charge in [-0.1, -0.05) is 19.1 Å². The molecule has 0 fully saturated rings. The van der Waals surface area contributed by atoms with Crippen LogP contribution in [0.5, 0.6) is 0 Å². The second-order valence-corrected chi connectivity index (χ2v) is 9.04. The summed E-state index contributed by atoms with van der Waals surface area (Å²) in [5, 5.41) is 2.45. The largest absolute Gasteiger partial charge is 0.355 e. The Bertz CT molecular complexity index is 616. The molecule has 5 nitrogen and oxygen atoms in total. The van der Waals surface area contributed by atoms with Gasteiger partial charge in [0.1, 0.15) is 0 Å². The summed E-state index contributed by atoms with van der Waals surface area (Å²) in [6, 6.07) is 6.89. The first-order valence-electron chi connectivity index (χ1n) is 7.79. The summed E-state index contributed by atoms with van der Waals surface area (Å²) in [6.45, 7) is 6.02. The number of sulfone groups is 1. The van der Waals surface area contributed by atoms with E-state index in [1.54, 1.807) is 31.2 Å². The molecule has 0 aromatic heterocycles. The molecule has 0 aliphatic rings. The normalized spacial score (nSPS) is 14.3. The van der Waals surface area contributed by atoms with Gasteiger partial charge >= 0.3 is 0 Å². The zero-order valence-electron chi connectivity index (χ0n) is 13.9. The number of amides is 1. The quantitative estimate of drug-likeness (QED) is 0.661. The molecule has 0 saturated heterocycles. The highest BCUT2D eigenvalue weighted by Crippen LogP contribution is 2.30. The lowest BCUT2D eigenvalue weighted by Crippen LogP contribution is -2.34. The lowest BCUT2D eigenvalue weighted by atomic mass is 10.2. The molecule has 7 heteroatoms. The van der Waals surface area contributed by atoms with Crippen LogP contribution in [0.4, 0.5) is 0 Å². The van der Waals surface area contributed by atoms with Crippen LogP contribution in [0.2, 0.25) is 0 Å². The van der Waals surface area contributed by atoms with E-state index in [2.05, 4.69) is 5.32 Å². The number of nitrogens with one attached hydrogen (secondary N) is 1. The molecule has 0 radical (unpaired) electrons. The van der Waals surface area contributed by atoms with Crippen molar-refractivity contribution in [3.8, 4) is 0 Å². The van der Waals surface area contributed by atoms with Gasteiger partial charge in [-0.3, -0.25) is 4.79 Å². The number of carbonyl (C=O) groups is 1. The Morgan fingerprint density at radius 2 is 1.96 bits per heavy atom. The van der Waals surface area contributed by atoms with Crippen LogP contribution in [0, 0.1) is 0 Å². The SMILES string of the molecule is CCCS(=O)(=O)c1ccccc1SC(C)C(=O)NCCC(C)N. The van der Waals surface area contributed by atoms with E-state index in [1.165, 1.54) is 11.8 Å². The molecule has 1 aromatic rings. The van der Waals surface area contributed by atoms with Crippen molar-refractivity contribution in [1.82, 2.24) is 5.32 Å². The van der Waals surface area contributed by atoms with Crippen LogP contribution in [0.15, 0.2) is 34.1 Å². The van der Waals surface area contributed by atoms with Crippen molar-refractivity contribution in [2.45, 2.75) is 54.7 Å². The maximum atomic E-state index is 12.3. The fourth-order valence-electron chi connectivity index (χ4n) is 1.99. The van der Waals surface area contributed by atoms with Crippen LogP contribution in [-0.2, 0) is 14.6 Å². The zero-order valence-corrected chi connectivity index (χ0v) is 15.5. The van der Waals surface area contributed by atoms with Gasteiger partial charge in [-0.25, -0.2) is 8.42 Å². The van der Waals surface area contributed by atoms with Gasteiger partial charge in [0.25, 0.3) is 0 Å². The number of nitrogens with two attached hydrogens (primary N) is 1. The summed E-state index contributed by atoms with van der Waals surface area (Å²) in [5.41, 5.74) is 5.65. The minimum atomic E-state index is -3.31. The maximum absolute atomic E-state index is 12.3. The van der Waals surface area contributed by atoms with E-state index in [1.807, 2.05) is 13.8 Å². The Balaban J connectivity index is 2.79. The van der Waals surface area contributed by atoms with Crippen molar-refractivity contribution >= 4 is 27.5 Å². The molecule has 130 valence electrons. The number of hydrogen-bond acceptors (Lipinski definition) is 5. The molecule has 1 rings (SSSR count). The average Bonchev–Trinajstić information content (AvgIpc) is 2.47. The van der Waals surface area contributed by atoms with Gasteiger partial charge < -0.3 is 11.1 Å².